The summed E-state index contributed by atoms with van der Waals surface area (Å²) in [5.74, 6) is 0.222. The lowest BCUT2D eigenvalue weighted by molar-refractivity contribution is 0.592. The molecule has 5 heteroatoms. The number of rotatable bonds is 4. The van der Waals surface area contributed by atoms with E-state index in [-0.39, 0.29) is 5.75 Å². The van der Waals surface area contributed by atoms with E-state index in [4.69, 9.17) is 11.6 Å². The fourth-order valence-corrected chi connectivity index (χ4v) is 3.00. The maximum Gasteiger partial charge on any atom is 0.147 e. The average molecular weight is 286 g/mol. The van der Waals surface area contributed by atoms with Crippen molar-refractivity contribution >= 4 is 32.3 Å². The molecule has 0 saturated carbocycles. The fraction of sp³-hybridized carbons (Fsp3) is 0.385. The van der Waals surface area contributed by atoms with Crippen molar-refractivity contribution in [1.82, 2.24) is 4.57 Å². The SMILES string of the molecule is Cc1cc2cc(Cl)ccc2n1CCCS(C)(=O)=O. The van der Waals surface area contributed by atoms with Crippen molar-refractivity contribution in [2.75, 3.05) is 12.0 Å². The van der Waals surface area contributed by atoms with E-state index in [0.29, 0.717) is 13.0 Å². The molecule has 2 aromatic rings. The maximum absolute atomic E-state index is 11.1. The predicted molar refractivity (Wildman–Crippen MR) is 76.0 cm³/mol. The van der Waals surface area contributed by atoms with Gasteiger partial charge in [-0.1, -0.05) is 11.6 Å². The first-order valence-corrected chi connectivity index (χ1v) is 8.24. The molecule has 98 valence electrons. The summed E-state index contributed by atoms with van der Waals surface area (Å²) in [6, 6.07) is 7.83. The Morgan fingerprint density at radius 3 is 2.67 bits per heavy atom. The van der Waals surface area contributed by atoms with Crippen LogP contribution in [0.4, 0.5) is 0 Å². The maximum atomic E-state index is 11.1. The Morgan fingerprint density at radius 1 is 1.28 bits per heavy atom. The number of halogens is 1. The van der Waals surface area contributed by atoms with Crippen LogP contribution >= 0.6 is 11.6 Å². The third kappa shape index (κ3) is 3.06. The smallest absolute Gasteiger partial charge is 0.147 e. The van der Waals surface area contributed by atoms with E-state index < -0.39 is 9.84 Å². The molecule has 0 unspecified atom stereocenters. The number of fused-ring (bicyclic) bond motifs is 1. The summed E-state index contributed by atoms with van der Waals surface area (Å²) in [6.07, 6.45) is 1.90. The highest BCUT2D eigenvalue weighted by Gasteiger charge is 2.07. The van der Waals surface area contributed by atoms with E-state index in [1.165, 1.54) is 6.26 Å². The van der Waals surface area contributed by atoms with Crippen LogP contribution in [-0.2, 0) is 16.4 Å². The summed E-state index contributed by atoms with van der Waals surface area (Å²) in [7, 11) is -2.88. The molecule has 0 aliphatic carbocycles. The number of aromatic nitrogens is 1. The van der Waals surface area contributed by atoms with Gasteiger partial charge in [-0.2, -0.15) is 0 Å². The van der Waals surface area contributed by atoms with Gasteiger partial charge in [-0.05, 0) is 37.6 Å². The fourth-order valence-electron chi connectivity index (χ4n) is 2.16. The van der Waals surface area contributed by atoms with Gasteiger partial charge in [-0.3, -0.25) is 0 Å². The molecule has 0 atom stereocenters. The van der Waals surface area contributed by atoms with Crippen LogP contribution in [-0.4, -0.2) is 25.0 Å². The molecule has 2 rings (SSSR count). The minimum Gasteiger partial charge on any atom is -0.345 e. The normalized spacial score (nSPS) is 12.2. The van der Waals surface area contributed by atoms with E-state index in [1.54, 1.807) is 0 Å². The molecule has 0 fully saturated rings. The monoisotopic (exact) mass is 285 g/mol. The lowest BCUT2D eigenvalue weighted by Gasteiger charge is -2.07. The van der Waals surface area contributed by atoms with Gasteiger partial charge < -0.3 is 4.57 Å². The summed E-state index contributed by atoms with van der Waals surface area (Å²) in [4.78, 5) is 0. The lowest BCUT2D eigenvalue weighted by atomic mass is 10.2. The first-order chi connectivity index (χ1) is 8.37. The van der Waals surface area contributed by atoms with Gasteiger partial charge in [-0.15, -0.1) is 0 Å². The van der Waals surface area contributed by atoms with Gasteiger partial charge >= 0.3 is 0 Å². The topological polar surface area (TPSA) is 39.1 Å². The van der Waals surface area contributed by atoms with E-state index in [1.807, 2.05) is 25.1 Å². The number of benzene rings is 1. The third-order valence-electron chi connectivity index (χ3n) is 2.97. The molecule has 0 amide bonds. The highest BCUT2D eigenvalue weighted by Crippen LogP contribution is 2.23. The molecule has 0 saturated heterocycles. The van der Waals surface area contributed by atoms with E-state index in [9.17, 15) is 8.42 Å². The molecular weight excluding hydrogens is 270 g/mol. The van der Waals surface area contributed by atoms with Gasteiger partial charge in [0.2, 0.25) is 0 Å². The second-order valence-corrected chi connectivity index (χ2v) is 7.32. The van der Waals surface area contributed by atoms with Crippen LogP contribution in [0, 0.1) is 6.92 Å². The van der Waals surface area contributed by atoms with E-state index in [0.717, 1.165) is 21.6 Å². The zero-order chi connectivity index (χ0) is 13.3. The number of hydrogen-bond donors (Lipinski definition) is 0. The van der Waals surface area contributed by atoms with Crippen LogP contribution in [0.5, 0.6) is 0 Å². The summed E-state index contributed by atoms with van der Waals surface area (Å²) in [5, 5.41) is 1.81. The number of aryl methyl sites for hydroxylation is 2. The number of hydrogen-bond acceptors (Lipinski definition) is 2. The molecule has 0 aliphatic rings. The molecule has 0 radical (unpaired) electrons. The zero-order valence-corrected chi connectivity index (χ0v) is 12.1. The summed E-state index contributed by atoms with van der Waals surface area (Å²) in [6.45, 7) is 2.73. The number of nitrogens with zero attached hydrogens (tertiary/aromatic N) is 1. The van der Waals surface area contributed by atoms with Crippen LogP contribution in [0.1, 0.15) is 12.1 Å². The summed E-state index contributed by atoms with van der Waals surface area (Å²) >= 11 is 5.96. The van der Waals surface area contributed by atoms with Gasteiger partial charge in [0, 0.05) is 34.4 Å². The van der Waals surface area contributed by atoms with Crippen molar-refractivity contribution in [1.29, 1.82) is 0 Å². The molecule has 0 bridgehead atoms. The second-order valence-electron chi connectivity index (χ2n) is 4.62. The van der Waals surface area contributed by atoms with Crippen molar-refractivity contribution in [2.45, 2.75) is 19.9 Å². The van der Waals surface area contributed by atoms with E-state index >= 15 is 0 Å². The third-order valence-corrected chi connectivity index (χ3v) is 4.23. The van der Waals surface area contributed by atoms with Crippen LogP contribution in [0.3, 0.4) is 0 Å². The van der Waals surface area contributed by atoms with E-state index in [2.05, 4.69) is 10.6 Å². The molecular formula is C13H16ClNO2S. The molecule has 1 aromatic carbocycles. The van der Waals surface area contributed by atoms with Crippen LogP contribution < -0.4 is 0 Å². The van der Waals surface area contributed by atoms with Crippen molar-refractivity contribution in [3.8, 4) is 0 Å². The molecule has 0 aliphatic heterocycles. The molecule has 1 aromatic heterocycles. The van der Waals surface area contributed by atoms with Crippen LogP contribution in [0.15, 0.2) is 24.3 Å². The van der Waals surface area contributed by atoms with Crippen LogP contribution in [0.2, 0.25) is 5.02 Å². The van der Waals surface area contributed by atoms with Gasteiger partial charge in [0.25, 0.3) is 0 Å². The van der Waals surface area contributed by atoms with Gasteiger partial charge in [0.1, 0.15) is 9.84 Å². The highest BCUT2D eigenvalue weighted by molar-refractivity contribution is 7.90. The van der Waals surface area contributed by atoms with Gasteiger partial charge in [-0.25, -0.2) is 8.42 Å². The minimum atomic E-state index is -2.88. The first-order valence-electron chi connectivity index (χ1n) is 5.80. The van der Waals surface area contributed by atoms with Crippen molar-refractivity contribution in [3.05, 3.63) is 35.0 Å². The van der Waals surface area contributed by atoms with Crippen molar-refractivity contribution < 1.29 is 8.42 Å². The Labute approximate surface area is 112 Å². The second kappa shape index (κ2) is 4.94. The van der Waals surface area contributed by atoms with Crippen molar-refractivity contribution in [3.63, 3.8) is 0 Å². The largest absolute Gasteiger partial charge is 0.345 e. The Kier molecular flexibility index (Phi) is 3.69. The Hall–Kier alpha value is -1.00. The van der Waals surface area contributed by atoms with Gasteiger partial charge in [0.05, 0.1) is 5.75 Å². The lowest BCUT2D eigenvalue weighted by Crippen LogP contribution is -2.08. The molecule has 1 heterocycles. The Morgan fingerprint density at radius 2 is 2.00 bits per heavy atom. The average Bonchev–Trinajstić information content (AvgIpc) is 2.52. The number of sulfone groups is 1. The summed E-state index contributed by atoms with van der Waals surface area (Å²) in [5.41, 5.74) is 2.23. The quantitative estimate of drug-likeness (QED) is 0.866. The van der Waals surface area contributed by atoms with Crippen molar-refractivity contribution in [2.24, 2.45) is 0 Å². The Bertz CT molecular complexity index is 674. The molecule has 0 N–H and O–H groups in total. The standard InChI is InChI=1S/C13H16ClNO2S/c1-10-8-11-9-12(14)4-5-13(11)15(10)6-3-7-18(2,16)17/h4-5,8-9H,3,6-7H2,1-2H3. The van der Waals surface area contributed by atoms with Gasteiger partial charge in [0.15, 0.2) is 0 Å². The molecule has 0 spiro atoms. The molecule has 18 heavy (non-hydrogen) atoms. The highest BCUT2D eigenvalue weighted by atomic mass is 35.5. The van der Waals surface area contributed by atoms with Crippen LogP contribution in [0.25, 0.3) is 10.9 Å². The first kappa shape index (κ1) is 13.4. The predicted octanol–water partition coefficient (Wildman–Crippen LogP) is 3.04. The minimum absolute atomic E-state index is 0.222. The molecule has 3 nitrogen and oxygen atoms in total. The summed E-state index contributed by atoms with van der Waals surface area (Å²) < 4.78 is 24.4. The Balaban J connectivity index is 2.25. The zero-order valence-electron chi connectivity index (χ0n) is 10.5.